The molecule has 0 saturated heterocycles. The fourth-order valence-corrected chi connectivity index (χ4v) is 2.15. The van der Waals surface area contributed by atoms with Crippen molar-refractivity contribution in [3.63, 3.8) is 0 Å². The molecule has 1 aromatic rings. The summed E-state index contributed by atoms with van der Waals surface area (Å²) >= 11 is 0. The van der Waals surface area contributed by atoms with Crippen molar-refractivity contribution in [1.82, 2.24) is 5.32 Å². The van der Waals surface area contributed by atoms with Gasteiger partial charge in [-0.25, -0.2) is 4.39 Å². The minimum Gasteiger partial charge on any atom is -0.396 e. The number of nitrogens with zero attached hydrogens (tertiary/aromatic N) is 1. The number of hydrogen-bond donors (Lipinski definition) is 2. The predicted molar refractivity (Wildman–Crippen MR) is 78.0 cm³/mol. The number of nitrogens with one attached hydrogen (secondary N) is 1. The minimum absolute atomic E-state index is 0.125. The van der Waals surface area contributed by atoms with Gasteiger partial charge < -0.3 is 15.3 Å². The van der Waals surface area contributed by atoms with E-state index in [9.17, 15) is 4.39 Å². The lowest BCUT2D eigenvalue weighted by atomic mass is 10.1. The van der Waals surface area contributed by atoms with Crippen LogP contribution >= 0.6 is 0 Å². The van der Waals surface area contributed by atoms with E-state index in [1.807, 2.05) is 31.7 Å². The maximum atomic E-state index is 14.2. The van der Waals surface area contributed by atoms with E-state index in [0.29, 0.717) is 25.2 Å². The summed E-state index contributed by atoms with van der Waals surface area (Å²) in [5.74, 6) is -0.193. The standard InChI is InChI=1S/C15H25FN2O/c1-4-17-11-13-7-5-8-14(16)15(13)18(12(2)3)9-6-10-19/h5,7-8,12,17,19H,4,6,9-11H2,1-3H3. The fraction of sp³-hybridized carbons (Fsp3) is 0.600. The van der Waals surface area contributed by atoms with E-state index in [0.717, 1.165) is 12.1 Å². The van der Waals surface area contributed by atoms with E-state index in [1.54, 1.807) is 6.07 Å². The monoisotopic (exact) mass is 268 g/mol. The number of hydrogen-bond acceptors (Lipinski definition) is 3. The highest BCUT2D eigenvalue weighted by atomic mass is 19.1. The van der Waals surface area contributed by atoms with Gasteiger partial charge >= 0.3 is 0 Å². The molecule has 3 nitrogen and oxygen atoms in total. The second-order valence-electron chi connectivity index (χ2n) is 4.89. The number of rotatable bonds is 8. The zero-order chi connectivity index (χ0) is 14.3. The zero-order valence-corrected chi connectivity index (χ0v) is 12.1. The maximum absolute atomic E-state index is 14.2. The zero-order valence-electron chi connectivity index (χ0n) is 12.1. The van der Waals surface area contributed by atoms with E-state index in [-0.39, 0.29) is 18.5 Å². The third kappa shape index (κ3) is 4.48. The van der Waals surface area contributed by atoms with Crippen molar-refractivity contribution in [3.8, 4) is 0 Å². The van der Waals surface area contributed by atoms with E-state index < -0.39 is 0 Å². The van der Waals surface area contributed by atoms with Crippen molar-refractivity contribution in [2.45, 2.75) is 39.8 Å². The fourth-order valence-electron chi connectivity index (χ4n) is 2.15. The average molecular weight is 268 g/mol. The third-order valence-electron chi connectivity index (χ3n) is 3.10. The molecular weight excluding hydrogens is 243 g/mol. The molecule has 0 amide bonds. The largest absolute Gasteiger partial charge is 0.396 e. The molecule has 0 aliphatic carbocycles. The Hall–Kier alpha value is -1.13. The Morgan fingerprint density at radius 2 is 2.11 bits per heavy atom. The molecule has 1 rings (SSSR count). The number of aliphatic hydroxyl groups is 1. The van der Waals surface area contributed by atoms with Gasteiger partial charge in [-0.2, -0.15) is 0 Å². The number of para-hydroxylation sites is 1. The van der Waals surface area contributed by atoms with Gasteiger partial charge in [0.05, 0.1) is 5.69 Å². The van der Waals surface area contributed by atoms with Crippen LogP contribution in [0.3, 0.4) is 0 Å². The molecule has 0 spiro atoms. The van der Waals surface area contributed by atoms with Crippen LogP contribution in [-0.2, 0) is 6.54 Å². The Labute approximate surface area is 115 Å². The number of benzene rings is 1. The van der Waals surface area contributed by atoms with Crippen LogP contribution in [0, 0.1) is 5.82 Å². The summed E-state index contributed by atoms with van der Waals surface area (Å²) in [6.07, 6.45) is 0.646. The maximum Gasteiger partial charge on any atom is 0.146 e. The molecule has 0 atom stereocenters. The van der Waals surface area contributed by atoms with Gasteiger partial charge in [-0.3, -0.25) is 0 Å². The topological polar surface area (TPSA) is 35.5 Å². The quantitative estimate of drug-likeness (QED) is 0.760. The third-order valence-corrected chi connectivity index (χ3v) is 3.10. The molecule has 19 heavy (non-hydrogen) atoms. The SMILES string of the molecule is CCNCc1cccc(F)c1N(CCCO)C(C)C. The van der Waals surface area contributed by atoms with Gasteiger partial charge in [0.15, 0.2) is 0 Å². The highest BCUT2D eigenvalue weighted by Gasteiger charge is 2.18. The van der Waals surface area contributed by atoms with Crippen LogP contribution in [-0.4, -0.2) is 30.8 Å². The highest BCUT2D eigenvalue weighted by molar-refractivity contribution is 5.55. The Morgan fingerprint density at radius 3 is 2.68 bits per heavy atom. The molecule has 108 valence electrons. The van der Waals surface area contributed by atoms with Crippen molar-refractivity contribution < 1.29 is 9.50 Å². The Morgan fingerprint density at radius 1 is 1.37 bits per heavy atom. The molecule has 1 aromatic carbocycles. The van der Waals surface area contributed by atoms with Gasteiger partial charge in [-0.15, -0.1) is 0 Å². The average Bonchev–Trinajstić information content (AvgIpc) is 2.38. The van der Waals surface area contributed by atoms with E-state index >= 15 is 0 Å². The lowest BCUT2D eigenvalue weighted by Crippen LogP contribution is -2.34. The summed E-state index contributed by atoms with van der Waals surface area (Å²) in [5.41, 5.74) is 1.63. The van der Waals surface area contributed by atoms with Gasteiger partial charge in [0, 0.05) is 25.7 Å². The highest BCUT2D eigenvalue weighted by Crippen LogP contribution is 2.26. The van der Waals surface area contributed by atoms with E-state index in [2.05, 4.69) is 5.32 Å². The van der Waals surface area contributed by atoms with Gasteiger partial charge in [-0.05, 0) is 38.4 Å². The molecule has 4 heteroatoms. The van der Waals surface area contributed by atoms with E-state index in [4.69, 9.17) is 5.11 Å². The first-order valence-electron chi connectivity index (χ1n) is 6.97. The summed E-state index contributed by atoms with van der Waals surface area (Å²) < 4.78 is 14.2. The molecule has 0 bridgehead atoms. The Kier molecular flexibility index (Phi) is 6.81. The van der Waals surface area contributed by atoms with Crippen LogP contribution in [0.5, 0.6) is 0 Å². The molecule has 2 N–H and O–H groups in total. The molecule has 0 aliphatic heterocycles. The minimum atomic E-state index is -0.193. The van der Waals surface area contributed by atoms with Gasteiger partial charge in [0.1, 0.15) is 5.82 Å². The molecule has 0 saturated carbocycles. The van der Waals surface area contributed by atoms with Crippen molar-refractivity contribution in [1.29, 1.82) is 0 Å². The number of halogens is 1. The second-order valence-corrected chi connectivity index (χ2v) is 4.89. The lowest BCUT2D eigenvalue weighted by Gasteiger charge is -2.31. The van der Waals surface area contributed by atoms with Crippen LogP contribution in [0.15, 0.2) is 18.2 Å². The van der Waals surface area contributed by atoms with Gasteiger partial charge in [-0.1, -0.05) is 19.1 Å². The van der Waals surface area contributed by atoms with Crippen LogP contribution in [0.25, 0.3) is 0 Å². The van der Waals surface area contributed by atoms with Crippen LogP contribution in [0.2, 0.25) is 0 Å². The van der Waals surface area contributed by atoms with Crippen LogP contribution in [0.4, 0.5) is 10.1 Å². The molecule has 0 aliphatic rings. The second kappa shape index (κ2) is 8.12. The first-order valence-corrected chi connectivity index (χ1v) is 6.97. The summed E-state index contributed by atoms with van der Waals surface area (Å²) in [4.78, 5) is 2.03. The molecule has 0 fully saturated rings. The van der Waals surface area contributed by atoms with E-state index in [1.165, 1.54) is 6.07 Å². The summed E-state index contributed by atoms with van der Waals surface area (Å²) in [5, 5.41) is 12.2. The van der Waals surface area contributed by atoms with Crippen molar-refractivity contribution >= 4 is 5.69 Å². The molecule has 0 heterocycles. The first kappa shape index (κ1) is 15.9. The first-order chi connectivity index (χ1) is 9.11. The Bertz CT molecular complexity index is 382. The summed E-state index contributed by atoms with van der Waals surface area (Å²) in [6.45, 7) is 8.42. The Balaban J connectivity index is 3.04. The van der Waals surface area contributed by atoms with Crippen molar-refractivity contribution in [2.24, 2.45) is 0 Å². The molecule has 0 radical (unpaired) electrons. The van der Waals surface area contributed by atoms with Crippen molar-refractivity contribution in [2.75, 3.05) is 24.6 Å². The number of aliphatic hydroxyl groups excluding tert-OH is 1. The summed E-state index contributed by atoms with van der Waals surface area (Å²) in [6, 6.07) is 5.40. The smallest absolute Gasteiger partial charge is 0.146 e. The normalized spacial score (nSPS) is 11.1. The number of anilines is 1. The van der Waals surface area contributed by atoms with Crippen LogP contribution in [0.1, 0.15) is 32.8 Å². The van der Waals surface area contributed by atoms with Gasteiger partial charge in [0.25, 0.3) is 0 Å². The molecule has 0 aromatic heterocycles. The predicted octanol–water partition coefficient (Wildman–Crippen LogP) is 2.53. The van der Waals surface area contributed by atoms with Crippen molar-refractivity contribution in [3.05, 3.63) is 29.6 Å². The lowest BCUT2D eigenvalue weighted by molar-refractivity contribution is 0.288. The van der Waals surface area contributed by atoms with Gasteiger partial charge in [0.2, 0.25) is 0 Å². The van der Waals surface area contributed by atoms with Crippen LogP contribution < -0.4 is 10.2 Å². The molecular formula is C15H25FN2O. The molecule has 0 unspecified atom stereocenters. The summed E-state index contributed by atoms with van der Waals surface area (Å²) in [7, 11) is 0.